The van der Waals surface area contributed by atoms with E-state index in [2.05, 4.69) is 15.1 Å². The van der Waals surface area contributed by atoms with Crippen molar-refractivity contribution in [2.24, 2.45) is 5.92 Å². The third kappa shape index (κ3) is 3.47. The van der Waals surface area contributed by atoms with Gasteiger partial charge in [-0.3, -0.25) is 4.90 Å². The van der Waals surface area contributed by atoms with Crippen molar-refractivity contribution < 1.29 is 9.84 Å². The van der Waals surface area contributed by atoms with E-state index in [9.17, 15) is 5.11 Å². The number of ether oxygens (including phenoxy) is 1. The highest BCUT2D eigenvalue weighted by Crippen LogP contribution is 2.36. The molecule has 2 saturated heterocycles. The maximum absolute atomic E-state index is 10.8. The highest BCUT2D eigenvalue weighted by Gasteiger charge is 2.44. The van der Waals surface area contributed by atoms with Crippen LogP contribution < -0.4 is 0 Å². The van der Waals surface area contributed by atoms with Gasteiger partial charge in [-0.05, 0) is 44.9 Å². The third-order valence-corrected chi connectivity index (χ3v) is 5.62. The Balaban J connectivity index is 1.48. The standard InChI is InChI=1S/C19H26N4O2/c1-19(24)9-11-25-14-17(19)18-8-5-10-22(18)13-15-12-20-23(21-15)16-6-3-2-4-7-16/h2-4,6-7,12,17-18,24H,5,8-11,13-14H2,1H3. The summed E-state index contributed by atoms with van der Waals surface area (Å²) in [5.74, 6) is 0.160. The quantitative estimate of drug-likeness (QED) is 0.921. The molecule has 6 heteroatoms. The van der Waals surface area contributed by atoms with Crippen LogP contribution in [-0.4, -0.2) is 56.4 Å². The molecular weight excluding hydrogens is 316 g/mol. The van der Waals surface area contributed by atoms with Gasteiger partial charge in [0.25, 0.3) is 0 Å². The van der Waals surface area contributed by atoms with Crippen LogP contribution in [0.1, 0.15) is 31.9 Å². The second kappa shape index (κ2) is 6.86. The third-order valence-electron chi connectivity index (χ3n) is 5.62. The molecule has 0 spiro atoms. The van der Waals surface area contributed by atoms with Gasteiger partial charge in [0.2, 0.25) is 0 Å². The fraction of sp³-hybridized carbons (Fsp3) is 0.579. The molecule has 1 aromatic heterocycles. The molecule has 0 amide bonds. The Morgan fingerprint density at radius 3 is 2.96 bits per heavy atom. The summed E-state index contributed by atoms with van der Waals surface area (Å²) in [6, 6.07) is 10.3. The Bertz CT molecular complexity index is 700. The predicted molar refractivity (Wildman–Crippen MR) is 94.3 cm³/mol. The molecule has 1 N–H and O–H groups in total. The maximum atomic E-state index is 10.8. The molecular formula is C19H26N4O2. The molecule has 2 aromatic rings. The summed E-state index contributed by atoms with van der Waals surface area (Å²) in [4.78, 5) is 4.12. The van der Waals surface area contributed by atoms with Gasteiger partial charge in [0, 0.05) is 25.1 Å². The zero-order valence-corrected chi connectivity index (χ0v) is 14.7. The van der Waals surface area contributed by atoms with E-state index in [0.717, 1.165) is 37.3 Å². The maximum Gasteiger partial charge on any atom is 0.0971 e. The Morgan fingerprint density at radius 2 is 2.16 bits per heavy atom. The topological polar surface area (TPSA) is 63.4 Å². The van der Waals surface area contributed by atoms with Crippen LogP contribution in [0.3, 0.4) is 0 Å². The van der Waals surface area contributed by atoms with Gasteiger partial charge in [-0.2, -0.15) is 15.0 Å². The van der Waals surface area contributed by atoms with Crippen LogP contribution in [0.15, 0.2) is 36.5 Å². The van der Waals surface area contributed by atoms with Gasteiger partial charge in [0.1, 0.15) is 0 Å². The van der Waals surface area contributed by atoms with Gasteiger partial charge < -0.3 is 9.84 Å². The van der Waals surface area contributed by atoms with Crippen LogP contribution in [0.5, 0.6) is 0 Å². The predicted octanol–water partition coefficient (Wildman–Crippen LogP) is 2.02. The molecule has 2 fully saturated rings. The number of nitrogens with zero attached hydrogens (tertiary/aromatic N) is 4. The molecule has 1 aromatic carbocycles. The number of aromatic nitrogens is 3. The van der Waals surface area contributed by atoms with Crippen molar-refractivity contribution in [2.45, 2.75) is 44.4 Å². The average molecular weight is 342 g/mol. The van der Waals surface area contributed by atoms with Crippen LogP contribution in [0.4, 0.5) is 0 Å². The second-order valence-corrected chi connectivity index (χ2v) is 7.43. The number of para-hydroxylation sites is 1. The number of rotatable bonds is 4. The van der Waals surface area contributed by atoms with Gasteiger partial charge >= 0.3 is 0 Å². The Kier molecular flexibility index (Phi) is 4.58. The first-order valence-electron chi connectivity index (χ1n) is 9.14. The lowest BCUT2D eigenvalue weighted by Crippen LogP contribution is -2.52. The zero-order valence-electron chi connectivity index (χ0n) is 14.7. The minimum atomic E-state index is -0.646. The van der Waals surface area contributed by atoms with Gasteiger partial charge in [-0.25, -0.2) is 0 Å². The summed E-state index contributed by atoms with van der Waals surface area (Å²) in [6.07, 6.45) is 4.82. The van der Waals surface area contributed by atoms with E-state index in [0.29, 0.717) is 25.7 Å². The summed E-state index contributed by atoms with van der Waals surface area (Å²) in [5.41, 5.74) is 1.29. The van der Waals surface area contributed by atoms with Gasteiger partial charge in [-0.1, -0.05) is 18.2 Å². The van der Waals surface area contributed by atoms with Gasteiger partial charge in [-0.15, -0.1) is 0 Å². The summed E-state index contributed by atoms with van der Waals surface area (Å²) in [5, 5.41) is 19.8. The highest BCUT2D eigenvalue weighted by atomic mass is 16.5. The SMILES string of the molecule is CC1(O)CCOCC1C1CCCN1Cc1cnn(-c2ccccc2)n1. The van der Waals surface area contributed by atoms with Crippen molar-refractivity contribution >= 4 is 0 Å². The Hall–Kier alpha value is -1.76. The van der Waals surface area contributed by atoms with E-state index >= 15 is 0 Å². The highest BCUT2D eigenvalue weighted by molar-refractivity contribution is 5.28. The smallest absolute Gasteiger partial charge is 0.0971 e. The summed E-state index contributed by atoms with van der Waals surface area (Å²) in [7, 11) is 0. The minimum Gasteiger partial charge on any atom is -0.390 e. The van der Waals surface area contributed by atoms with Gasteiger partial charge in [0.05, 0.1) is 29.8 Å². The monoisotopic (exact) mass is 342 g/mol. The van der Waals surface area contributed by atoms with Crippen molar-refractivity contribution in [2.75, 3.05) is 19.8 Å². The number of hydrogen-bond donors (Lipinski definition) is 1. The first-order chi connectivity index (χ1) is 12.1. The number of likely N-dealkylation sites (tertiary alicyclic amines) is 1. The first kappa shape index (κ1) is 16.7. The van der Waals surface area contributed by atoms with Crippen LogP contribution in [0, 0.1) is 5.92 Å². The van der Waals surface area contributed by atoms with E-state index in [-0.39, 0.29) is 5.92 Å². The van der Waals surface area contributed by atoms with Crippen molar-refractivity contribution in [3.05, 3.63) is 42.2 Å². The van der Waals surface area contributed by atoms with E-state index in [1.54, 1.807) is 4.80 Å². The van der Waals surface area contributed by atoms with E-state index in [4.69, 9.17) is 4.74 Å². The van der Waals surface area contributed by atoms with Crippen molar-refractivity contribution in [1.82, 2.24) is 19.9 Å². The normalized spacial score (nSPS) is 30.6. The molecule has 2 aliphatic heterocycles. The number of benzene rings is 1. The fourth-order valence-electron chi connectivity index (χ4n) is 4.14. The Morgan fingerprint density at radius 1 is 1.32 bits per heavy atom. The molecule has 0 aliphatic carbocycles. The lowest BCUT2D eigenvalue weighted by atomic mass is 9.79. The first-order valence-corrected chi connectivity index (χ1v) is 9.14. The molecule has 0 saturated carbocycles. The molecule has 3 atom stereocenters. The lowest BCUT2D eigenvalue weighted by Gasteiger charge is -2.43. The number of hydrogen-bond acceptors (Lipinski definition) is 5. The van der Waals surface area contributed by atoms with Crippen molar-refractivity contribution in [3.63, 3.8) is 0 Å². The Labute approximate surface area is 148 Å². The molecule has 3 unspecified atom stereocenters. The molecule has 134 valence electrons. The van der Waals surface area contributed by atoms with Crippen molar-refractivity contribution in [3.8, 4) is 5.69 Å². The molecule has 25 heavy (non-hydrogen) atoms. The molecule has 0 bridgehead atoms. The van der Waals surface area contributed by atoms with Crippen molar-refractivity contribution in [1.29, 1.82) is 0 Å². The molecule has 2 aliphatic rings. The largest absolute Gasteiger partial charge is 0.390 e. The van der Waals surface area contributed by atoms with Crippen LogP contribution in [0.2, 0.25) is 0 Å². The van der Waals surface area contributed by atoms with Crippen LogP contribution in [-0.2, 0) is 11.3 Å². The molecule has 0 radical (unpaired) electrons. The van der Waals surface area contributed by atoms with Gasteiger partial charge in [0.15, 0.2) is 0 Å². The molecule has 4 rings (SSSR count). The summed E-state index contributed by atoms with van der Waals surface area (Å²) >= 11 is 0. The lowest BCUT2D eigenvalue weighted by molar-refractivity contribution is -0.123. The molecule has 3 heterocycles. The summed E-state index contributed by atoms with van der Waals surface area (Å²) in [6.45, 7) is 5.06. The molecule has 6 nitrogen and oxygen atoms in total. The van der Waals surface area contributed by atoms with E-state index < -0.39 is 5.60 Å². The minimum absolute atomic E-state index is 0.160. The van der Waals surface area contributed by atoms with E-state index in [1.165, 1.54) is 0 Å². The zero-order chi connectivity index (χ0) is 17.3. The average Bonchev–Trinajstić information content (AvgIpc) is 3.25. The number of aliphatic hydroxyl groups is 1. The second-order valence-electron chi connectivity index (χ2n) is 7.43. The van der Waals surface area contributed by atoms with Crippen LogP contribution in [0.25, 0.3) is 5.69 Å². The van der Waals surface area contributed by atoms with E-state index in [1.807, 2.05) is 43.5 Å². The van der Waals surface area contributed by atoms with Crippen LogP contribution >= 0.6 is 0 Å². The fourth-order valence-corrected chi connectivity index (χ4v) is 4.14. The summed E-state index contributed by atoms with van der Waals surface area (Å²) < 4.78 is 5.67.